The van der Waals surface area contributed by atoms with Crippen molar-refractivity contribution in [2.75, 3.05) is 14.1 Å². The first kappa shape index (κ1) is 9.99. The van der Waals surface area contributed by atoms with E-state index in [0.717, 1.165) is 5.57 Å². The van der Waals surface area contributed by atoms with Gasteiger partial charge in [-0.1, -0.05) is 19.1 Å². The van der Waals surface area contributed by atoms with E-state index in [9.17, 15) is 5.11 Å². The summed E-state index contributed by atoms with van der Waals surface area (Å²) in [7, 11) is 3.89. The lowest BCUT2D eigenvalue weighted by atomic mass is 9.88. The third-order valence-corrected chi connectivity index (χ3v) is 2.16. The van der Waals surface area contributed by atoms with Crippen LogP contribution in [0.5, 0.6) is 0 Å². The van der Waals surface area contributed by atoms with Crippen LogP contribution in [-0.4, -0.2) is 35.9 Å². The number of allylic oxidation sites excluding steroid dienone is 2. The van der Waals surface area contributed by atoms with Crippen molar-refractivity contribution >= 4 is 5.71 Å². The maximum Gasteiger partial charge on any atom is 0.110 e. The van der Waals surface area contributed by atoms with Crippen molar-refractivity contribution in [3.63, 3.8) is 0 Å². The van der Waals surface area contributed by atoms with E-state index in [0.29, 0.717) is 5.71 Å². The zero-order chi connectivity index (χ0) is 10.0. The van der Waals surface area contributed by atoms with Gasteiger partial charge in [0.05, 0.1) is 0 Å². The largest absolute Gasteiger partial charge is 0.383 e. The average Bonchev–Trinajstić information content (AvgIpc) is 2.06. The Kier molecular flexibility index (Phi) is 2.88. The second-order valence-corrected chi connectivity index (χ2v) is 3.57. The van der Waals surface area contributed by atoms with Crippen molar-refractivity contribution in [2.24, 2.45) is 5.92 Å². The predicted octanol–water partition coefficient (Wildman–Crippen LogP) is 1.02. The van der Waals surface area contributed by atoms with Gasteiger partial charge in [-0.15, -0.1) is 0 Å². The molecular formula is C10H16N2O. The standard InChI is InChI=1S/C10H16N2O/c1-7-8(6-12(2)3)4-5-9(13)10(7)11/h4-7,9,11,13H,1-3H3. The van der Waals surface area contributed by atoms with Crippen LogP contribution in [0.25, 0.3) is 0 Å². The van der Waals surface area contributed by atoms with Gasteiger partial charge in [0, 0.05) is 31.9 Å². The smallest absolute Gasteiger partial charge is 0.110 e. The topological polar surface area (TPSA) is 47.3 Å². The molecule has 0 aromatic carbocycles. The van der Waals surface area contributed by atoms with Gasteiger partial charge in [-0.2, -0.15) is 0 Å². The summed E-state index contributed by atoms with van der Waals surface area (Å²) in [6.45, 7) is 1.93. The van der Waals surface area contributed by atoms with E-state index < -0.39 is 6.10 Å². The normalized spacial score (nSPS) is 31.1. The van der Waals surface area contributed by atoms with Gasteiger partial charge in [0.15, 0.2) is 0 Å². The van der Waals surface area contributed by atoms with Gasteiger partial charge in [-0.25, -0.2) is 0 Å². The Morgan fingerprint density at radius 1 is 1.54 bits per heavy atom. The molecule has 72 valence electrons. The van der Waals surface area contributed by atoms with Crippen LogP contribution < -0.4 is 0 Å². The van der Waals surface area contributed by atoms with Crippen molar-refractivity contribution in [2.45, 2.75) is 13.0 Å². The van der Waals surface area contributed by atoms with Crippen LogP contribution in [0, 0.1) is 11.3 Å². The van der Waals surface area contributed by atoms with Crippen LogP contribution in [-0.2, 0) is 0 Å². The molecule has 13 heavy (non-hydrogen) atoms. The summed E-state index contributed by atoms with van der Waals surface area (Å²) in [6, 6.07) is 0. The number of nitrogens with zero attached hydrogens (tertiary/aromatic N) is 1. The quantitative estimate of drug-likeness (QED) is 0.633. The van der Waals surface area contributed by atoms with E-state index in [1.807, 2.05) is 38.2 Å². The van der Waals surface area contributed by atoms with Crippen molar-refractivity contribution in [1.82, 2.24) is 4.90 Å². The Labute approximate surface area is 78.9 Å². The van der Waals surface area contributed by atoms with E-state index in [2.05, 4.69) is 0 Å². The van der Waals surface area contributed by atoms with Crippen molar-refractivity contribution in [1.29, 1.82) is 5.41 Å². The summed E-state index contributed by atoms with van der Waals surface area (Å²) in [4.78, 5) is 1.95. The molecule has 0 bridgehead atoms. The molecule has 2 unspecified atom stereocenters. The zero-order valence-electron chi connectivity index (χ0n) is 8.28. The molecule has 2 atom stereocenters. The van der Waals surface area contributed by atoms with Gasteiger partial charge in [-0.05, 0) is 5.57 Å². The monoisotopic (exact) mass is 180 g/mol. The minimum Gasteiger partial charge on any atom is -0.383 e. The lowest BCUT2D eigenvalue weighted by Crippen LogP contribution is -2.28. The van der Waals surface area contributed by atoms with Crippen LogP contribution in [0.3, 0.4) is 0 Å². The molecule has 0 spiro atoms. The van der Waals surface area contributed by atoms with Gasteiger partial charge in [0.1, 0.15) is 6.10 Å². The van der Waals surface area contributed by atoms with Gasteiger partial charge in [0.2, 0.25) is 0 Å². The van der Waals surface area contributed by atoms with E-state index in [4.69, 9.17) is 5.41 Å². The maximum atomic E-state index is 9.35. The third kappa shape index (κ3) is 2.18. The molecule has 0 aromatic rings. The molecule has 3 nitrogen and oxygen atoms in total. The molecule has 0 saturated heterocycles. The number of hydrogen-bond acceptors (Lipinski definition) is 3. The van der Waals surface area contributed by atoms with E-state index in [1.54, 1.807) is 6.08 Å². The summed E-state index contributed by atoms with van der Waals surface area (Å²) >= 11 is 0. The predicted molar refractivity (Wildman–Crippen MR) is 53.8 cm³/mol. The fourth-order valence-corrected chi connectivity index (χ4v) is 1.34. The van der Waals surface area contributed by atoms with Crippen LogP contribution in [0.2, 0.25) is 0 Å². The SMILES string of the molecule is CC1C(=N)C(O)C=CC1=CN(C)C. The fourth-order valence-electron chi connectivity index (χ4n) is 1.34. The Morgan fingerprint density at radius 3 is 2.69 bits per heavy atom. The first-order chi connectivity index (χ1) is 6.02. The highest BCUT2D eigenvalue weighted by atomic mass is 16.3. The average molecular weight is 180 g/mol. The van der Waals surface area contributed by atoms with Gasteiger partial charge >= 0.3 is 0 Å². The molecule has 0 amide bonds. The van der Waals surface area contributed by atoms with Crippen LogP contribution in [0.4, 0.5) is 0 Å². The minimum absolute atomic E-state index is 0.0161. The molecule has 0 radical (unpaired) electrons. The first-order valence-corrected chi connectivity index (χ1v) is 4.35. The van der Waals surface area contributed by atoms with Gasteiger partial charge in [0.25, 0.3) is 0 Å². The number of aliphatic hydroxyl groups excluding tert-OH is 1. The molecule has 2 N–H and O–H groups in total. The van der Waals surface area contributed by atoms with Crippen molar-refractivity contribution in [3.8, 4) is 0 Å². The van der Waals surface area contributed by atoms with E-state index in [1.165, 1.54) is 0 Å². The number of hydrogen-bond donors (Lipinski definition) is 2. The summed E-state index contributed by atoms with van der Waals surface area (Å²) in [5.74, 6) is 0.0161. The summed E-state index contributed by atoms with van der Waals surface area (Å²) in [5, 5.41) is 17.0. The fraction of sp³-hybridized carbons (Fsp3) is 0.500. The Balaban J connectivity index is 2.91. The van der Waals surface area contributed by atoms with Crippen molar-refractivity contribution in [3.05, 3.63) is 23.9 Å². The first-order valence-electron chi connectivity index (χ1n) is 4.35. The van der Waals surface area contributed by atoms with E-state index >= 15 is 0 Å². The van der Waals surface area contributed by atoms with Crippen LogP contribution in [0.15, 0.2) is 23.9 Å². The number of aliphatic hydroxyl groups is 1. The third-order valence-electron chi connectivity index (χ3n) is 2.16. The second-order valence-electron chi connectivity index (χ2n) is 3.57. The molecule has 0 aromatic heterocycles. The molecule has 3 heteroatoms. The second kappa shape index (κ2) is 3.75. The Hall–Kier alpha value is -1.09. The highest BCUT2D eigenvalue weighted by molar-refractivity contribution is 5.93. The highest BCUT2D eigenvalue weighted by Gasteiger charge is 2.22. The summed E-state index contributed by atoms with van der Waals surface area (Å²) < 4.78 is 0. The van der Waals surface area contributed by atoms with Gasteiger partial charge in [-0.3, -0.25) is 0 Å². The molecule has 0 fully saturated rings. The molecule has 1 aliphatic carbocycles. The van der Waals surface area contributed by atoms with Gasteiger partial charge < -0.3 is 15.4 Å². The molecule has 1 aliphatic rings. The minimum atomic E-state index is -0.700. The molecule has 0 saturated carbocycles. The summed E-state index contributed by atoms with van der Waals surface area (Å²) in [6.07, 6.45) is 4.81. The number of nitrogens with one attached hydrogen (secondary N) is 1. The maximum absolute atomic E-state index is 9.35. The highest BCUT2D eigenvalue weighted by Crippen LogP contribution is 2.21. The number of rotatable bonds is 1. The summed E-state index contributed by atoms with van der Waals surface area (Å²) in [5.41, 5.74) is 1.44. The molecule has 0 heterocycles. The molecule has 0 aliphatic heterocycles. The lowest BCUT2D eigenvalue weighted by molar-refractivity contribution is 0.280. The molecular weight excluding hydrogens is 164 g/mol. The molecule has 1 rings (SSSR count). The zero-order valence-corrected chi connectivity index (χ0v) is 8.28. The van der Waals surface area contributed by atoms with Crippen LogP contribution in [0.1, 0.15) is 6.92 Å². The van der Waals surface area contributed by atoms with Crippen LogP contribution >= 0.6 is 0 Å². The van der Waals surface area contributed by atoms with Crippen molar-refractivity contribution < 1.29 is 5.11 Å². The van der Waals surface area contributed by atoms with E-state index in [-0.39, 0.29) is 5.92 Å². The Morgan fingerprint density at radius 2 is 2.15 bits per heavy atom. The lowest BCUT2D eigenvalue weighted by Gasteiger charge is -2.23. The Bertz CT molecular complexity index is 266.